The second-order valence-corrected chi connectivity index (χ2v) is 9.32. The van der Waals surface area contributed by atoms with E-state index in [9.17, 15) is 13.2 Å². The van der Waals surface area contributed by atoms with Crippen LogP contribution < -0.4 is 4.74 Å². The van der Waals surface area contributed by atoms with Gasteiger partial charge >= 0.3 is 5.97 Å². The Labute approximate surface area is 172 Å². The van der Waals surface area contributed by atoms with Crippen molar-refractivity contribution in [2.24, 2.45) is 5.92 Å². The number of carbonyl (C=O) groups is 1. The molecule has 1 saturated heterocycles. The van der Waals surface area contributed by atoms with Gasteiger partial charge in [-0.3, -0.25) is 4.79 Å². The van der Waals surface area contributed by atoms with Gasteiger partial charge in [-0.25, -0.2) is 8.42 Å². The molecule has 1 fully saturated rings. The lowest BCUT2D eigenvalue weighted by Gasteiger charge is -2.30. The van der Waals surface area contributed by atoms with E-state index in [4.69, 9.17) is 39.5 Å². The van der Waals surface area contributed by atoms with Crippen LogP contribution in [0.25, 0.3) is 0 Å². The maximum atomic E-state index is 12.7. The third kappa shape index (κ3) is 4.76. The van der Waals surface area contributed by atoms with Crippen molar-refractivity contribution in [2.75, 3.05) is 13.1 Å². The Morgan fingerprint density at radius 2 is 1.59 bits per heavy atom. The fraction of sp³-hybridized carbons (Fsp3) is 0.278. The molecule has 0 unspecified atom stereocenters. The molecule has 0 saturated carbocycles. The van der Waals surface area contributed by atoms with Crippen molar-refractivity contribution in [3.05, 3.63) is 57.5 Å². The highest BCUT2D eigenvalue weighted by Gasteiger charge is 2.33. The summed E-state index contributed by atoms with van der Waals surface area (Å²) in [5.41, 5.74) is 0. The van der Waals surface area contributed by atoms with Gasteiger partial charge in [-0.15, -0.1) is 0 Å². The van der Waals surface area contributed by atoms with Gasteiger partial charge in [-0.2, -0.15) is 4.31 Å². The number of hydrogen-bond donors (Lipinski definition) is 0. The van der Waals surface area contributed by atoms with Crippen LogP contribution in [-0.2, 0) is 14.8 Å². The minimum Gasteiger partial charge on any atom is -0.426 e. The second-order valence-electron chi connectivity index (χ2n) is 6.13. The molecule has 1 aliphatic heterocycles. The van der Waals surface area contributed by atoms with Crippen LogP contribution in [0.1, 0.15) is 12.8 Å². The first kappa shape index (κ1) is 20.4. The van der Waals surface area contributed by atoms with Gasteiger partial charge in [0, 0.05) is 24.2 Å². The van der Waals surface area contributed by atoms with E-state index in [1.54, 1.807) is 12.1 Å². The number of halogens is 3. The molecule has 0 aromatic heterocycles. The summed E-state index contributed by atoms with van der Waals surface area (Å²) in [5.74, 6) is -0.473. The van der Waals surface area contributed by atoms with E-state index in [0.717, 1.165) is 0 Å². The standard InChI is InChI=1S/C18H16Cl3NO4S/c19-13-1-4-15(5-2-13)27(24,25)22-9-7-12(8-10-22)18(23)26-14-3-6-16(20)17(21)11-14/h1-6,11-12H,7-10H2. The van der Waals surface area contributed by atoms with Crippen LogP contribution in [0.4, 0.5) is 0 Å². The van der Waals surface area contributed by atoms with E-state index in [1.165, 1.54) is 34.6 Å². The Balaban J connectivity index is 1.61. The summed E-state index contributed by atoms with van der Waals surface area (Å²) in [6.45, 7) is 0.484. The fourth-order valence-corrected chi connectivity index (χ4v) is 4.71. The molecule has 0 aliphatic carbocycles. The van der Waals surface area contributed by atoms with Gasteiger partial charge in [0.05, 0.1) is 20.9 Å². The number of rotatable bonds is 4. The van der Waals surface area contributed by atoms with Gasteiger partial charge in [0.2, 0.25) is 10.0 Å². The summed E-state index contributed by atoms with van der Waals surface area (Å²) in [5, 5.41) is 1.14. The van der Waals surface area contributed by atoms with E-state index in [2.05, 4.69) is 0 Å². The number of nitrogens with zero attached hydrogens (tertiary/aromatic N) is 1. The Morgan fingerprint density at radius 1 is 0.963 bits per heavy atom. The molecule has 5 nitrogen and oxygen atoms in total. The monoisotopic (exact) mass is 447 g/mol. The lowest BCUT2D eigenvalue weighted by molar-refractivity contribution is -0.140. The topological polar surface area (TPSA) is 63.7 Å². The summed E-state index contributed by atoms with van der Waals surface area (Å²) in [6, 6.07) is 10.6. The number of carbonyl (C=O) groups excluding carboxylic acids is 1. The highest BCUT2D eigenvalue weighted by Crippen LogP contribution is 2.29. The maximum Gasteiger partial charge on any atom is 0.314 e. The first-order valence-electron chi connectivity index (χ1n) is 8.20. The van der Waals surface area contributed by atoms with Gasteiger partial charge in [0.15, 0.2) is 0 Å². The first-order chi connectivity index (χ1) is 12.8. The molecule has 1 heterocycles. The fourth-order valence-electron chi connectivity index (χ4n) is 2.83. The van der Waals surface area contributed by atoms with Crippen molar-refractivity contribution in [3.63, 3.8) is 0 Å². The van der Waals surface area contributed by atoms with Crippen LogP contribution in [-0.4, -0.2) is 31.8 Å². The molecular formula is C18H16Cl3NO4S. The van der Waals surface area contributed by atoms with Crippen LogP contribution in [0, 0.1) is 5.92 Å². The average molecular weight is 449 g/mol. The molecule has 27 heavy (non-hydrogen) atoms. The van der Waals surface area contributed by atoms with E-state index in [0.29, 0.717) is 33.7 Å². The number of esters is 1. The Hall–Kier alpha value is -1.31. The Morgan fingerprint density at radius 3 is 2.19 bits per heavy atom. The summed E-state index contributed by atoms with van der Waals surface area (Å²) < 4.78 is 32.1. The number of hydrogen-bond acceptors (Lipinski definition) is 4. The van der Waals surface area contributed by atoms with Crippen molar-refractivity contribution in [1.82, 2.24) is 4.31 Å². The van der Waals surface area contributed by atoms with Gasteiger partial charge < -0.3 is 4.74 Å². The van der Waals surface area contributed by atoms with Crippen LogP contribution in [0.2, 0.25) is 15.1 Å². The van der Waals surface area contributed by atoms with Crippen molar-refractivity contribution >= 4 is 50.8 Å². The number of piperidine rings is 1. The normalized spacial score (nSPS) is 16.3. The lowest BCUT2D eigenvalue weighted by atomic mass is 9.98. The lowest BCUT2D eigenvalue weighted by Crippen LogP contribution is -2.41. The predicted octanol–water partition coefficient (Wildman–Crippen LogP) is 4.65. The van der Waals surface area contributed by atoms with Crippen LogP contribution in [0.3, 0.4) is 0 Å². The number of ether oxygens (including phenoxy) is 1. The zero-order chi connectivity index (χ0) is 19.6. The van der Waals surface area contributed by atoms with Crippen molar-refractivity contribution < 1.29 is 17.9 Å². The molecule has 0 amide bonds. The van der Waals surface area contributed by atoms with E-state index >= 15 is 0 Å². The summed E-state index contributed by atoms with van der Waals surface area (Å²) in [7, 11) is -3.61. The maximum absolute atomic E-state index is 12.7. The Bertz CT molecular complexity index is 940. The third-order valence-electron chi connectivity index (χ3n) is 4.35. The smallest absolute Gasteiger partial charge is 0.314 e. The molecule has 2 aromatic carbocycles. The molecular weight excluding hydrogens is 433 g/mol. The number of benzene rings is 2. The summed E-state index contributed by atoms with van der Waals surface area (Å²) >= 11 is 17.6. The molecule has 0 bridgehead atoms. The van der Waals surface area contributed by atoms with Gasteiger partial charge in [0.1, 0.15) is 5.75 Å². The second kappa shape index (κ2) is 8.37. The molecule has 3 rings (SSSR count). The predicted molar refractivity (Wildman–Crippen MR) is 105 cm³/mol. The minimum atomic E-state index is -3.61. The first-order valence-corrected chi connectivity index (χ1v) is 10.8. The molecule has 0 atom stereocenters. The van der Waals surface area contributed by atoms with Gasteiger partial charge in [-0.05, 0) is 49.2 Å². The average Bonchev–Trinajstić information content (AvgIpc) is 2.65. The summed E-state index contributed by atoms with van der Waals surface area (Å²) in [6.07, 6.45) is 0.764. The molecule has 144 valence electrons. The van der Waals surface area contributed by atoms with E-state index in [1.807, 2.05) is 0 Å². The van der Waals surface area contributed by atoms with E-state index < -0.39 is 16.0 Å². The largest absolute Gasteiger partial charge is 0.426 e. The zero-order valence-corrected chi connectivity index (χ0v) is 17.2. The zero-order valence-electron chi connectivity index (χ0n) is 14.1. The quantitative estimate of drug-likeness (QED) is 0.504. The van der Waals surface area contributed by atoms with Gasteiger partial charge in [0.25, 0.3) is 0 Å². The minimum absolute atomic E-state index is 0.184. The Kier molecular flexibility index (Phi) is 6.33. The van der Waals surface area contributed by atoms with Crippen LogP contribution in [0.5, 0.6) is 5.75 Å². The summed E-state index contributed by atoms with van der Waals surface area (Å²) in [4.78, 5) is 12.5. The molecule has 1 aliphatic rings. The van der Waals surface area contributed by atoms with E-state index in [-0.39, 0.29) is 23.9 Å². The molecule has 0 spiro atoms. The molecule has 9 heteroatoms. The van der Waals surface area contributed by atoms with Crippen LogP contribution >= 0.6 is 34.8 Å². The molecule has 2 aromatic rings. The van der Waals surface area contributed by atoms with Crippen molar-refractivity contribution in [1.29, 1.82) is 0 Å². The molecule has 0 N–H and O–H groups in total. The van der Waals surface area contributed by atoms with Crippen LogP contribution in [0.15, 0.2) is 47.4 Å². The molecule has 0 radical (unpaired) electrons. The SMILES string of the molecule is O=C(Oc1ccc(Cl)c(Cl)c1)C1CCN(S(=O)(=O)c2ccc(Cl)cc2)CC1. The third-order valence-corrected chi connectivity index (χ3v) is 7.25. The van der Waals surface area contributed by atoms with Gasteiger partial charge in [-0.1, -0.05) is 34.8 Å². The number of sulfonamides is 1. The highest BCUT2D eigenvalue weighted by atomic mass is 35.5. The highest BCUT2D eigenvalue weighted by molar-refractivity contribution is 7.89. The van der Waals surface area contributed by atoms with Crippen molar-refractivity contribution in [3.8, 4) is 5.75 Å². The van der Waals surface area contributed by atoms with Crippen molar-refractivity contribution in [2.45, 2.75) is 17.7 Å².